The minimum atomic E-state index is -0.285. The SMILES string of the molecule is Cc1ccc(NC(=O)c2cnccn2)c(C)n1. The largest absolute Gasteiger partial charge is 0.319 e. The molecule has 0 saturated heterocycles. The Morgan fingerprint density at radius 1 is 1.24 bits per heavy atom. The van der Waals surface area contributed by atoms with Gasteiger partial charge in [0.1, 0.15) is 5.69 Å². The van der Waals surface area contributed by atoms with Crippen LogP contribution < -0.4 is 5.32 Å². The number of amides is 1. The fourth-order valence-corrected chi connectivity index (χ4v) is 1.42. The van der Waals surface area contributed by atoms with Crippen LogP contribution in [0.3, 0.4) is 0 Å². The summed E-state index contributed by atoms with van der Waals surface area (Å²) in [6.45, 7) is 3.75. The van der Waals surface area contributed by atoms with Crippen molar-refractivity contribution < 1.29 is 4.79 Å². The normalized spacial score (nSPS) is 10.0. The summed E-state index contributed by atoms with van der Waals surface area (Å²) < 4.78 is 0. The maximum absolute atomic E-state index is 11.8. The zero-order valence-electron chi connectivity index (χ0n) is 9.64. The molecule has 0 atom stereocenters. The number of nitrogens with zero attached hydrogens (tertiary/aromatic N) is 3. The Hall–Kier alpha value is -2.30. The standard InChI is InChI=1S/C12H12N4O/c1-8-3-4-10(9(2)15-8)16-12(17)11-7-13-5-6-14-11/h3-7H,1-2H3,(H,16,17). The molecule has 5 nitrogen and oxygen atoms in total. The van der Waals surface area contributed by atoms with Crippen molar-refractivity contribution >= 4 is 11.6 Å². The van der Waals surface area contributed by atoms with Crippen LogP contribution in [-0.2, 0) is 0 Å². The fourth-order valence-electron chi connectivity index (χ4n) is 1.42. The number of pyridine rings is 1. The van der Waals surface area contributed by atoms with Crippen LogP contribution in [0.4, 0.5) is 5.69 Å². The molecule has 5 heteroatoms. The number of carbonyl (C=O) groups excluding carboxylic acids is 1. The van der Waals surface area contributed by atoms with Crippen molar-refractivity contribution in [3.63, 3.8) is 0 Å². The molecule has 2 heterocycles. The molecule has 0 bridgehead atoms. The van der Waals surface area contributed by atoms with Crippen molar-refractivity contribution in [2.24, 2.45) is 0 Å². The second kappa shape index (κ2) is 4.69. The molecule has 86 valence electrons. The van der Waals surface area contributed by atoms with Crippen LogP contribution in [0, 0.1) is 13.8 Å². The van der Waals surface area contributed by atoms with Crippen LogP contribution >= 0.6 is 0 Å². The monoisotopic (exact) mass is 228 g/mol. The Bertz CT molecular complexity index is 539. The maximum atomic E-state index is 11.8. The molecule has 2 rings (SSSR count). The van der Waals surface area contributed by atoms with Gasteiger partial charge in [-0.05, 0) is 26.0 Å². The number of nitrogens with one attached hydrogen (secondary N) is 1. The van der Waals surface area contributed by atoms with Crippen LogP contribution in [0.15, 0.2) is 30.7 Å². The summed E-state index contributed by atoms with van der Waals surface area (Å²) in [6.07, 6.45) is 4.43. The number of carbonyl (C=O) groups is 1. The van der Waals surface area contributed by atoms with Gasteiger partial charge in [-0.3, -0.25) is 14.8 Å². The number of aromatic nitrogens is 3. The van der Waals surface area contributed by atoms with Gasteiger partial charge in [0, 0.05) is 18.1 Å². The average Bonchev–Trinajstić information content (AvgIpc) is 2.34. The van der Waals surface area contributed by atoms with Gasteiger partial charge in [0.25, 0.3) is 5.91 Å². The molecule has 0 aliphatic heterocycles. The molecule has 2 aromatic rings. The molecule has 0 aliphatic rings. The Morgan fingerprint density at radius 3 is 2.71 bits per heavy atom. The number of hydrogen-bond acceptors (Lipinski definition) is 4. The second-order valence-electron chi connectivity index (χ2n) is 3.63. The third-order valence-electron chi connectivity index (χ3n) is 2.27. The van der Waals surface area contributed by atoms with Gasteiger partial charge in [-0.15, -0.1) is 0 Å². The highest BCUT2D eigenvalue weighted by atomic mass is 16.1. The van der Waals surface area contributed by atoms with Crippen molar-refractivity contribution in [1.29, 1.82) is 0 Å². The summed E-state index contributed by atoms with van der Waals surface area (Å²) in [7, 11) is 0. The summed E-state index contributed by atoms with van der Waals surface area (Å²) in [5.41, 5.74) is 2.67. The molecule has 0 saturated carbocycles. The van der Waals surface area contributed by atoms with E-state index in [1.54, 1.807) is 0 Å². The highest BCUT2D eigenvalue weighted by Crippen LogP contribution is 2.13. The Kier molecular flexibility index (Phi) is 3.09. The van der Waals surface area contributed by atoms with Crippen molar-refractivity contribution in [2.45, 2.75) is 13.8 Å². The topological polar surface area (TPSA) is 67.8 Å². The van der Waals surface area contributed by atoms with E-state index >= 15 is 0 Å². The molecule has 0 aliphatic carbocycles. The lowest BCUT2D eigenvalue weighted by Gasteiger charge is -2.07. The van der Waals surface area contributed by atoms with E-state index in [-0.39, 0.29) is 11.6 Å². The molecule has 0 unspecified atom stereocenters. The van der Waals surface area contributed by atoms with Gasteiger partial charge in [0.2, 0.25) is 0 Å². The van der Waals surface area contributed by atoms with Gasteiger partial charge in [-0.25, -0.2) is 4.98 Å². The van der Waals surface area contributed by atoms with E-state index in [2.05, 4.69) is 20.3 Å². The summed E-state index contributed by atoms with van der Waals surface area (Å²) in [5, 5.41) is 2.75. The molecular weight excluding hydrogens is 216 g/mol. The summed E-state index contributed by atoms with van der Waals surface area (Å²) >= 11 is 0. The van der Waals surface area contributed by atoms with Gasteiger partial charge < -0.3 is 5.32 Å². The van der Waals surface area contributed by atoms with E-state index in [4.69, 9.17) is 0 Å². The molecule has 17 heavy (non-hydrogen) atoms. The Labute approximate surface area is 99.0 Å². The van der Waals surface area contributed by atoms with Crippen LogP contribution in [-0.4, -0.2) is 20.9 Å². The molecular formula is C12H12N4O. The van der Waals surface area contributed by atoms with Crippen molar-refractivity contribution in [2.75, 3.05) is 5.32 Å². The van der Waals surface area contributed by atoms with Crippen LogP contribution in [0.5, 0.6) is 0 Å². The third-order valence-corrected chi connectivity index (χ3v) is 2.27. The lowest BCUT2D eigenvalue weighted by atomic mass is 10.2. The number of hydrogen-bond donors (Lipinski definition) is 1. The van der Waals surface area contributed by atoms with Crippen LogP contribution in [0.2, 0.25) is 0 Å². The molecule has 2 aromatic heterocycles. The molecule has 0 radical (unpaired) electrons. The van der Waals surface area contributed by atoms with Gasteiger partial charge in [-0.1, -0.05) is 0 Å². The lowest BCUT2D eigenvalue weighted by Crippen LogP contribution is -2.15. The predicted molar refractivity (Wildman–Crippen MR) is 63.7 cm³/mol. The van der Waals surface area contributed by atoms with Gasteiger partial charge in [0.05, 0.1) is 17.6 Å². The van der Waals surface area contributed by atoms with E-state index in [0.717, 1.165) is 11.4 Å². The van der Waals surface area contributed by atoms with E-state index < -0.39 is 0 Å². The third kappa shape index (κ3) is 2.63. The molecule has 0 spiro atoms. The average molecular weight is 228 g/mol. The van der Waals surface area contributed by atoms with E-state index in [9.17, 15) is 4.79 Å². The fraction of sp³-hybridized carbons (Fsp3) is 0.167. The van der Waals surface area contributed by atoms with E-state index in [0.29, 0.717) is 5.69 Å². The molecule has 1 amide bonds. The first kappa shape index (κ1) is 11.2. The highest BCUT2D eigenvalue weighted by molar-refractivity contribution is 6.02. The smallest absolute Gasteiger partial charge is 0.275 e. The first-order valence-electron chi connectivity index (χ1n) is 5.18. The lowest BCUT2D eigenvalue weighted by molar-refractivity contribution is 0.102. The minimum Gasteiger partial charge on any atom is -0.319 e. The predicted octanol–water partition coefficient (Wildman–Crippen LogP) is 1.74. The van der Waals surface area contributed by atoms with Crippen LogP contribution in [0.25, 0.3) is 0 Å². The van der Waals surface area contributed by atoms with Crippen molar-refractivity contribution in [3.8, 4) is 0 Å². The maximum Gasteiger partial charge on any atom is 0.275 e. The van der Waals surface area contributed by atoms with Crippen molar-refractivity contribution in [3.05, 3.63) is 47.8 Å². The van der Waals surface area contributed by atoms with E-state index in [1.807, 2.05) is 26.0 Å². The number of aryl methyl sites for hydroxylation is 2. The van der Waals surface area contributed by atoms with E-state index in [1.165, 1.54) is 18.6 Å². The van der Waals surface area contributed by atoms with Gasteiger partial charge >= 0.3 is 0 Å². The summed E-state index contributed by atoms with van der Waals surface area (Å²) in [5.74, 6) is -0.285. The number of rotatable bonds is 2. The second-order valence-corrected chi connectivity index (χ2v) is 3.63. The summed E-state index contributed by atoms with van der Waals surface area (Å²) in [4.78, 5) is 23.9. The summed E-state index contributed by atoms with van der Waals surface area (Å²) in [6, 6.07) is 3.67. The first-order chi connectivity index (χ1) is 8.16. The Balaban J connectivity index is 2.19. The zero-order valence-corrected chi connectivity index (χ0v) is 9.64. The molecule has 0 aromatic carbocycles. The quantitative estimate of drug-likeness (QED) is 0.850. The highest BCUT2D eigenvalue weighted by Gasteiger charge is 2.09. The zero-order chi connectivity index (χ0) is 12.3. The minimum absolute atomic E-state index is 0.285. The molecule has 1 N–H and O–H groups in total. The van der Waals surface area contributed by atoms with Crippen molar-refractivity contribution in [1.82, 2.24) is 15.0 Å². The van der Waals surface area contributed by atoms with Gasteiger partial charge in [-0.2, -0.15) is 0 Å². The van der Waals surface area contributed by atoms with Gasteiger partial charge in [0.15, 0.2) is 0 Å². The number of anilines is 1. The first-order valence-corrected chi connectivity index (χ1v) is 5.18. The molecule has 0 fully saturated rings. The van der Waals surface area contributed by atoms with Crippen LogP contribution in [0.1, 0.15) is 21.9 Å². The Morgan fingerprint density at radius 2 is 2.06 bits per heavy atom.